The first-order valence-electron chi connectivity index (χ1n) is 12.2. The van der Waals surface area contributed by atoms with Gasteiger partial charge in [0.1, 0.15) is 25.0 Å². The van der Waals surface area contributed by atoms with E-state index in [1.165, 1.54) is 0 Å². The van der Waals surface area contributed by atoms with Gasteiger partial charge in [-0.1, -0.05) is 17.7 Å². The molecule has 204 valence electrons. The molecule has 1 saturated heterocycles. The molecule has 0 unspecified atom stereocenters. The van der Waals surface area contributed by atoms with E-state index in [0.29, 0.717) is 30.0 Å². The maximum absolute atomic E-state index is 13.3. The molecule has 0 saturated carbocycles. The molecule has 3 atom stereocenters. The third-order valence-corrected chi connectivity index (χ3v) is 6.48. The van der Waals surface area contributed by atoms with Crippen LogP contribution in [0.1, 0.15) is 35.2 Å². The number of aryl methyl sites for hydroxylation is 1. The predicted octanol–water partition coefficient (Wildman–Crippen LogP) is 4.09. The lowest BCUT2D eigenvalue weighted by molar-refractivity contribution is -0.144. The molecule has 0 spiro atoms. The summed E-state index contributed by atoms with van der Waals surface area (Å²) in [6.45, 7) is 0.627. The maximum atomic E-state index is 13.3. The molecule has 0 bridgehead atoms. The van der Waals surface area contributed by atoms with Crippen molar-refractivity contribution in [3.05, 3.63) is 53.6 Å². The highest BCUT2D eigenvalue weighted by Gasteiger charge is 2.39. The molecule has 2 aliphatic heterocycles. The van der Waals surface area contributed by atoms with Crippen LogP contribution in [0.2, 0.25) is 0 Å². The number of ether oxygens (including phenoxy) is 2. The molecule has 4 rings (SSSR count). The number of urea groups is 1. The van der Waals surface area contributed by atoms with Crippen LogP contribution >= 0.6 is 0 Å². The Morgan fingerprint density at radius 1 is 1.05 bits per heavy atom. The van der Waals surface area contributed by atoms with Gasteiger partial charge in [0, 0.05) is 18.4 Å². The number of nitrogens with zero attached hydrogens (tertiary/aromatic N) is 1. The van der Waals surface area contributed by atoms with E-state index in [4.69, 9.17) is 9.47 Å². The molecule has 9 nitrogen and oxygen atoms in total. The van der Waals surface area contributed by atoms with Crippen LogP contribution in [0.15, 0.2) is 42.5 Å². The van der Waals surface area contributed by atoms with E-state index in [9.17, 15) is 27.6 Å². The van der Waals surface area contributed by atoms with Gasteiger partial charge in [0.15, 0.2) is 0 Å². The van der Waals surface area contributed by atoms with Crippen LogP contribution in [0.4, 0.5) is 29.3 Å². The topological polar surface area (TPSA) is 109 Å². The minimum Gasteiger partial charge on any atom is -0.490 e. The fourth-order valence-corrected chi connectivity index (χ4v) is 4.51. The van der Waals surface area contributed by atoms with Crippen molar-refractivity contribution in [3.63, 3.8) is 0 Å². The number of carbonyl (C=O) groups is 3. The second-order valence-corrected chi connectivity index (χ2v) is 9.42. The highest BCUT2D eigenvalue weighted by atomic mass is 19.4. The summed E-state index contributed by atoms with van der Waals surface area (Å²) in [6.07, 6.45) is -4.98. The Bertz CT molecular complexity index is 1190. The van der Waals surface area contributed by atoms with Crippen molar-refractivity contribution in [3.8, 4) is 5.75 Å². The van der Waals surface area contributed by atoms with Gasteiger partial charge in [0.25, 0.3) is 5.91 Å². The smallest absolute Gasteiger partial charge is 0.405 e. The van der Waals surface area contributed by atoms with Crippen LogP contribution in [0, 0.1) is 6.92 Å². The van der Waals surface area contributed by atoms with Crippen molar-refractivity contribution in [1.82, 2.24) is 10.2 Å². The van der Waals surface area contributed by atoms with Gasteiger partial charge in [-0.25, -0.2) is 4.79 Å². The lowest BCUT2D eigenvalue weighted by Crippen LogP contribution is -2.54. The Hall–Kier alpha value is -3.80. The van der Waals surface area contributed by atoms with Gasteiger partial charge in [-0.3, -0.25) is 9.59 Å². The Morgan fingerprint density at radius 3 is 2.45 bits per heavy atom. The van der Waals surface area contributed by atoms with Gasteiger partial charge in [0.2, 0.25) is 5.91 Å². The molecule has 38 heavy (non-hydrogen) atoms. The van der Waals surface area contributed by atoms with E-state index in [0.717, 1.165) is 5.56 Å². The molecule has 2 aromatic rings. The summed E-state index contributed by atoms with van der Waals surface area (Å²) in [5, 5.41) is 7.30. The van der Waals surface area contributed by atoms with Gasteiger partial charge in [-0.2, -0.15) is 13.2 Å². The van der Waals surface area contributed by atoms with Gasteiger partial charge in [-0.05, 0) is 50.1 Å². The summed E-state index contributed by atoms with van der Waals surface area (Å²) in [5.74, 6) is -0.778. The zero-order valence-corrected chi connectivity index (χ0v) is 20.9. The first-order chi connectivity index (χ1) is 18.0. The number of carbonyl (C=O) groups excluding carboxylic acids is 3. The van der Waals surface area contributed by atoms with E-state index >= 15 is 0 Å². The van der Waals surface area contributed by atoms with Crippen molar-refractivity contribution in [2.75, 3.05) is 30.8 Å². The largest absolute Gasteiger partial charge is 0.490 e. The van der Waals surface area contributed by atoms with Crippen LogP contribution in [0.25, 0.3) is 0 Å². The molecule has 2 heterocycles. The highest BCUT2D eigenvalue weighted by Crippen LogP contribution is 2.32. The fraction of sp³-hybridized carbons (Fsp3) is 0.423. The number of anilines is 2. The lowest BCUT2D eigenvalue weighted by atomic mass is 9.94. The lowest BCUT2D eigenvalue weighted by Gasteiger charge is -2.42. The molecule has 2 aromatic carbocycles. The summed E-state index contributed by atoms with van der Waals surface area (Å²) >= 11 is 0. The van der Waals surface area contributed by atoms with E-state index in [1.54, 1.807) is 42.3 Å². The number of fused-ring (bicyclic) bond motifs is 2. The minimum absolute atomic E-state index is 0.0800. The molecular weight excluding hydrogens is 505 g/mol. The summed E-state index contributed by atoms with van der Waals surface area (Å²) in [6, 6.07) is 11.2. The van der Waals surface area contributed by atoms with Gasteiger partial charge < -0.3 is 30.3 Å². The summed E-state index contributed by atoms with van der Waals surface area (Å²) < 4.78 is 48.9. The maximum Gasteiger partial charge on any atom is 0.405 e. The second kappa shape index (κ2) is 11.3. The molecule has 0 aromatic heterocycles. The van der Waals surface area contributed by atoms with Crippen LogP contribution in [0.3, 0.4) is 0 Å². The molecule has 0 aliphatic carbocycles. The SMILES string of the molecule is Cc1ccc(NC(=O)Nc2ccc3c(c2)C(=O)N(C)[C@H]2CC[C@H](CC(=O)NCC(F)(F)F)O[C@H]2CO3)cc1. The van der Waals surface area contributed by atoms with Crippen molar-refractivity contribution < 1.29 is 37.0 Å². The first-order valence-corrected chi connectivity index (χ1v) is 12.2. The molecular formula is C26H29F3N4O5. The van der Waals surface area contributed by atoms with Crippen molar-refractivity contribution in [1.29, 1.82) is 0 Å². The van der Waals surface area contributed by atoms with E-state index in [2.05, 4.69) is 10.6 Å². The second-order valence-electron chi connectivity index (χ2n) is 9.42. The zero-order chi connectivity index (χ0) is 27.4. The molecule has 1 fully saturated rings. The summed E-state index contributed by atoms with van der Waals surface area (Å²) in [4.78, 5) is 39.2. The van der Waals surface area contributed by atoms with E-state index in [1.807, 2.05) is 24.4 Å². The first kappa shape index (κ1) is 27.2. The van der Waals surface area contributed by atoms with Gasteiger partial charge in [0.05, 0.1) is 24.1 Å². The third kappa shape index (κ3) is 6.94. The van der Waals surface area contributed by atoms with Crippen molar-refractivity contribution >= 4 is 29.2 Å². The monoisotopic (exact) mass is 534 g/mol. The van der Waals surface area contributed by atoms with Gasteiger partial charge >= 0.3 is 12.2 Å². The minimum atomic E-state index is -4.49. The zero-order valence-electron chi connectivity index (χ0n) is 20.9. The highest BCUT2D eigenvalue weighted by molar-refractivity contribution is 6.02. The van der Waals surface area contributed by atoms with Crippen LogP contribution < -0.4 is 20.7 Å². The average molecular weight is 535 g/mol. The van der Waals surface area contributed by atoms with Crippen molar-refractivity contribution in [2.24, 2.45) is 0 Å². The standard InChI is InChI=1S/C26H29F3N4O5/c1-15-3-5-16(6-4-15)31-25(36)32-17-7-10-21-19(11-17)24(35)33(2)20-9-8-18(38-22(20)13-37-21)12-23(34)30-14-26(27,28)29/h3-7,10-11,18,20,22H,8-9,12-14H2,1-2H3,(H,30,34)(H2,31,32,36)/t18-,20+,22+/m1/s1. The Balaban J connectivity index is 1.40. The molecule has 0 radical (unpaired) electrons. The quantitative estimate of drug-likeness (QED) is 0.536. The molecule has 4 amide bonds. The number of nitrogens with one attached hydrogen (secondary N) is 3. The Morgan fingerprint density at radius 2 is 1.74 bits per heavy atom. The van der Waals surface area contributed by atoms with Crippen LogP contribution in [-0.2, 0) is 9.53 Å². The predicted molar refractivity (Wildman–Crippen MR) is 133 cm³/mol. The average Bonchev–Trinajstić information content (AvgIpc) is 2.86. The van der Waals surface area contributed by atoms with E-state index in [-0.39, 0.29) is 30.5 Å². The number of halogens is 3. The number of benzene rings is 2. The normalized spacial score (nSPS) is 21.2. The Kier molecular flexibility index (Phi) is 8.10. The summed E-state index contributed by atoms with van der Waals surface area (Å²) in [7, 11) is 1.64. The number of hydrogen-bond acceptors (Lipinski definition) is 5. The fourth-order valence-electron chi connectivity index (χ4n) is 4.51. The third-order valence-electron chi connectivity index (χ3n) is 6.48. The summed E-state index contributed by atoms with van der Waals surface area (Å²) in [5.41, 5.74) is 2.36. The van der Waals surface area contributed by atoms with Crippen LogP contribution in [-0.4, -0.2) is 67.4 Å². The molecule has 12 heteroatoms. The number of hydrogen-bond donors (Lipinski definition) is 3. The number of alkyl halides is 3. The Labute approximate surface area is 217 Å². The number of likely N-dealkylation sites (N-methyl/N-ethyl adjacent to an activating group) is 1. The van der Waals surface area contributed by atoms with Crippen molar-refractivity contribution in [2.45, 2.75) is 50.6 Å². The molecule has 3 N–H and O–H groups in total. The number of rotatable bonds is 5. The van der Waals surface area contributed by atoms with E-state index < -0.39 is 36.9 Å². The van der Waals surface area contributed by atoms with Gasteiger partial charge in [-0.15, -0.1) is 0 Å². The van der Waals surface area contributed by atoms with Crippen LogP contribution in [0.5, 0.6) is 5.75 Å². The molecule has 2 aliphatic rings. The number of amides is 4.